The van der Waals surface area contributed by atoms with Crippen LogP contribution in [0.1, 0.15) is 25.7 Å². The molecule has 0 bridgehead atoms. The average molecular weight is 132 g/mol. The van der Waals surface area contributed by atoms with Gasteiger partial charge in [-0.05, 0) is 19.3 Å². The highest BCUT2D eigenvalue weighted by atomic mass is 19.1. The Kier molecular flexibility index (Phi) is 2.06. The minimum Gasteiger partial charge on any atom is -0.385 e. The lowest BCUT2D eigenvalue weighted by Gasteiger charge is -2.33. The van der Waals surface area contributed by atoms with Crippen molar-refractivity contribution in [3.8, 4) is 0 Å². The zero-order valence-corrected chi connectivity index (χ0v) is 5.82. The SMILES string of the molecule is COCCC1(F)CCC1. The van der Waals surface area contributed by atoms with Gasteiger partial charge in [0.25, 0.3) is 0 Å². The van der Waals surface area contributed by atoms with Gasteiger partial charge in [-0.15, -0.1) is 0 Å². The summed E-state index contributed by atoms with van der Waals surface area (Å²) in [5, 5.41) is 0. The van der Waals surface area contributed by atoms with Crippen molar-refractivity contribution in [3.63, 3.8) is 0 Å². The standard InChI is InChI=1S/C7H13FO/c1-9-6-5-7(8)3-2-4-7/h2-6H2,1H3. The van der Waals surface area contributed by atoms with Gasteiger partial charge in [0.15, 0.2) is 0 Å². The molecule has 0 atom stereocenters. The summed E-state index contributed by atoms with van der Waals surface area (Å²) < 4.78 is 17.8. The summed E-state index contributed by atoms with van der Waals surface area (Å²) >= 11 is 0. The fourth-order valence-electron chi connectivity index (χ4n) is 1.10. The summed E-state index contributed by atoms with van der Waals surface area (Å²) in [6, 6.07) is 0. The summed E-state index contributed by atoms with van der Waals surface area (Å²) in [4.78, 5) is 0. The Morgan fingerprint density at radius 2 is 2.22 bits per heavy atom. The highest BCUT2D eigenvalue weighted by Crippen LogP contribution is 2.38. The number of hydrogen-bond donors (Lipinski definition) is 0. The summed E-state index contributed by atoms with van der Waals surface area (Å²) in [6.45, 7) is 0.566. The number of hydrogen-bond acceptors (Lipinski definition) is 1. The largest absolute Gasteiger partial charge is 0.385 e. The van der Waals surface area contributed by atoms with Crippen molar-refractivity contribution in [1.29, 1.82) is 0 Å². The molecule has 9 heavy (non-hydrogen) atoms. The zero-order chi connectivity index (χ0) is 6.74. The number of rotatable bonds is 3. The van der Waals surface area contributed by atoms with E-state index >= 15 is 0 Å². The molecule has 0 saturated heterocycles. The second kappa shape index (κ2) is 2.65. The van der Waals surface area contributed by atoms with E-state index in [-0.39, 0.29) is 0 Å². The van der Waals surface area contributed by atoms with Crippen LogP contribution in [0.25, 0.3) is 0 Å². The molecule has 0 aromatic rings. The highest BCUT2D eigenvalue weighted by molar-refractivity contribution is 4.87. The third kappa shape index (κ3) is 1.65. The third-order valence-electron chi connectivity index (χ3n) is 2.00. The number of ether oxygens (including phenoxy) is 1. The maximum absolute atomic E-state index is 13.0. The van der Waals surface area contributed by atoms with Crippen molar-refractivity contribution >= 4 is 0 Å². The Hall–Kier alpha value is -0.110. The molecule has 1 fully saturated rings. The molecule has 1 aliphatic rings. The predicted octanol–water partition coefficient (Wildman–Crippen LogP) is 1.92. The van der Waals surface area contributed by atoms with E-state index in [9.17, 15) is 4.39 Å². The van der Waals surface area contributed by atoms with Crippen molar-refractivity contribution in [1.82, 2.24) is 0 Å². The minimum absolute atomic E-state index is 0.566. The quantitative estimate of drug-likeness (QED) is 0.570. The number of alkyl halides is 1. The Bertz CT molecular complexity index is 88.9. The van der Waals surface area contributed by atoms with Gasteiger partial charge in [0, 0.05) is 20.1 Å². The first-order valence-corrected chi connectivity index (χ1v) is 3.45. The number of methoxy groups -OCH3 is 1. The first-order chi connectivity index (χ1) is 4.27. The van der Waals surface area contributed by atoms with Gasteiger partial charge >= 0.3 is 0 Å². The molecule has 0 N–H and O–H groups in total. The molecule has 54 valence electrons. The summed E-state index contributed by atoms with van der Waals surface area (Å²) in [6.07, 6.45) is 3.14. The van der Waals surface area contributed by atoms with Gasteiger partial charge < -0.3 is 4.74 Å². The van der Waals surface area contributed by atoms with Crippen molar-refractivity contribution in [2.24, 2.45) is 0 Å². The topological polar surface area (TPSA) is 9.23 Å². The van der Waals surface area contributed by atoms with Gasteiger partial charge in [-0.25, -0.2) is 4.39 Å². The van der Waals surface area contributed by atoms with Gasteiger partial charge in [-0.2, -0.15) is 0 Å². The van der Waals surface area contributed by atoms with E-state index in [1.165, 1.54) is 0 Å². The highest BCUT2D eigenvalue weighted by Gasteiger charge is 2.36. The molecule has 0 unspecified atom stereocenters. The van der Waals surface area contributed by atoms with Gasteiger partial charge in [0.1, 0.15) is 5.67 Å². The smallest absolute Gasteiger partial charge is 0.113 e. The van der Waals surface area contributed by atoms with Gasteiger partial charge in [-0.1, -0.05) is 0 Å². The van der Waals surface area contributed by atoms with Gasteiger partial charge in [-0.3, -0.25) is 0 Å². The van der Waals surface area contributed by atoms with Crippen LogP contribution in [0.3, 0.4) is 0 Å². The number of halogens is 1. The molecule has 1 saturated carbocycles. The Morgan fingerprint density at radius 3 is 2.56 bits per heavy atom. The lowest BCUT2D eigenvalue weighted by molar-refractivity contribution is 0.0258. The molecule has 0 aliphatic heterocycles. The van der Waals surface area contributed by atoms with Crippen LogP contribution in [0.15, 0.2) is 0 Å². The second-order valence-corrected chi connectivity index (χ2v) is 2.75. The van der Waals surface area contributed by atoms with Crippen LogP contribution >= 0.6 is 0 Å². The minimum atomic E-state index is -0.851. The molecule has 0 spiro atoms. The first kappa shape index (κ1) is 7.00. The molecule has 2 heteroatoms. The van der Waals surface area contributed by atoms with E-state index in [0.717, 1.165) is 19.3 Å². The van der Waals surface area contributed by atoms with Crippen LogP contribution in [0, 0.1) is 0 Å². The normalized spacial score (nSPS) is 23.3. The maximum Gasteiger partial charge on any atom is 0.113 e. The van der Waals surface area contributed by atoms with E-state index in [1.807, 2.05) is 0 Å². The van der Waals surface area contributed by atoms with Gasteiger partial charge in [0.05, 0.1) is 0 Å². The lowest BCUT2D eigenvalue weighted by Crippen LogP contribution is -2.32. The van der Waals surface area contributed by atoms with Crippen LogP contribution in [0.5, 0.6) is 0 Å². The molecule has 1 rings (SSSR count). The Labute approximate surface area is 55.2 Å². The fourth-order valence-corrected chi connectivity index (χ4v) is 1.10. The van der Waals surface area contributed by atoms with Crippen LogP contribution in [0.4, 0.5) is 4.39 Å². The molecular weight excluding hydrogens is 119 g/mol. The third-order valence-corrected chi connectivity index (χ3v) is 2.00. The average Bonchev–Trinajstić information content (AvgIpc) is 1.79. The maximum atomic E-state index is 13.0. The summed E-state index contributed by atoms with van der Waals surface area (Å²) in [5.41, 5.74) is -0.851. The summed E-state index contributed by atoms with van der Waals surface area (Å²) in [7, 11) is 1.61. The van der Waals surface area contributed by atoms with Crippen LogP contribution in [0.2, 0.25) is 0 Å². The Morgan fingerprint density at radius 1 is 1.56 bits per heavy atom. The summed E-state index contributed by atoms with van der Waals surface area (Å²) in [5.74, 6) is 0. The molecule has 0 aromatic carbocycles. The van der Waals surface area contributed by atoms with Crippen molar-refractivity contribution in [3.05, 3.63) is 0 Å². The second-order valence-electron chi connectivity index (χ2n) is 2.75. The molecule has 1 nitrogen and oxygen atoms in total. The van der Waals surface area contributed by atoms with Crippen LogP contribution < -0.4 is 0 Å². The van der Waals surface area contributed by atoms with E-state index in [1.54, 1.807) is 7.11 Å². The molecular formula is C7H13FO. The van der Waals surface area contributed by atoms with E-state index in [0.29, 0.717) is 13.0 Å². The predicted molar refractivity (Wildman–Crippen MR) is 34.2 cm³/mol. The van der Waals surface area contributed by atoms with Crippen LogP contribution in [-0.2, 0) is 4.74 Å². The molecule has 0 radical (unpaired) electrons. The monoisotopic (exact) mass is 132 g/mol. The van der Waals surface area contributed by atoms with E-state index in [4.69, 9.17) is 4.74 Å². The molecule has 0 amide bonds. The lowest BCUT2D eigenvalue weighted by atomic mass is 9.80. The zero-order valence-electron chi connectivity index (χ0n) is 5.82. The first-order valence-electron chi connectivity index (χ1n) is 3.45. The van der Waals surface area contributed by atoms with Crippen molar-refractivity contribution in [2.75, 3.05) is 13.7 Å². The van der Waals surface area contributed by atoms with Crippen molar-refractivity contribution < 1.29 is 9.13 Å². The Balaban J connectivity index is 2.09. The van der Waals surface area contributed by atoms with Gasteiger partial charge in [0.2, 0.25) is 0 Å². The molecule has 1 aliphatic carbocycles. The van der Waals surface area contributed by atoms with E-state index in [2.05, 4.69) is 0 Å². The van der Waals surface area contributed by atoms with E-state index < -0.39 is 5.67 Å². The fraction of sp³-hybridized carbons (Fsp3) is 1.00. The molecule has 0 aromatic heterocycles. The van der Waals surface area contributed by atoms with Crippen LogP contribution in [-0.4, -0.2) is 19.4 Å². The molecule has 0 heterocycles. The van der Waals surface area contributed by atoms with Crippen molar-refractivity contribution in [2.45, 2.75) is 31.4 Å².